The van der Waals surface area contributed by atoms with Gasteiger partial charge in [-0.2, -0.15) is 0 Å². The summed E-state index contributed by atoms with van der Waals surface area (Å²) in [6, 6.07) is 6.72. The zero-order valence-corrected chi connectivity index (χ0v) is 10.2. The van der Waals surface area contributed by atoms with Crippen molar-refractivity contribution >= 4 is 5.91 Å². The molecule has 18 heavy (non-hydrogen) atoms. The number of hydrogen-bond donors (Lipinski definition) is 3. The Hall–Kier alpha value is -1.59. The molecule has 0 bridgehead atoms. The minimum Gasteiger partial charge on any atom is -0.508 e. The van der Waals surface area contributed by atoms with Gasteiger partial charge >= 0.3 is 0 Å². The molecule has 0 spiro atoms. The van der Waals surface area contributed by atoms with Crippen molar-refractivity contribution in [2.75, 3.05) is 13.2 Å². The van der Waals surface area contributed by atoms with E-state index in [0.717, 1.165) is 5.56 Å². The predicted molar refractivity (Wildman–Crippen MR) is 66.9 cm³/mol. The first-order valence-corrected chi connectivity index (χ1v) is 6.03. The van der Waals surface area contributed by atoms with Crippen LogP contribution in [-0.2, 0) is 16.1 Å². The fourth-order valence-electron chi connectivity index (χ4n) is 1.93. The summed E-state index contributed by atoms with van der Waals surface area (Å²) in [4.78, 5) is 12.0. The Morgan fingerprint density at radius 2 is 1.94 bits per heavy atom. The molecule has 0 radical (unpaired) electrons. The van der Waals surface area contributed by atoms with Gasteiger partial charge < -0.3 is 20.9 Å². The highest BCUT2D eigenvalue weighted by molar-refractivity contribution is 5.86. The fraction of sp³-hybridized carbons (Fsp3) is 0.462. The summed E-state index contributed by atoms with van der Waals surface area (Å²) in [5, 5.41) is 12.0. The lowest BCUT2D eigenvalue weighted by molar-refractivity contribution is -0.129. The van der Waals surface area contributed by atoms with Gasteiger partial charge in [-0.05, 0) is 30.5 Å². The van der Waals surface area contributed by atoms with Crippen LogP contribution in [0.3, 0.4) is 0 Å². The van der Waals surface area contributed by atoms with Crippen molar-refractivity contribution in [2.24, 2.45) is 5.73 Å². The first kappa shape index (κ1) is 12.9. The van der Waals surface area contributed by atoms with Crippen molar-refractivity contribution in [3.05, 3.63) is 29.8 Å². The first-order valence-electron chi connectivity index (χ1n) is 6.03. The zero-order chi connectivity index (χ0) is 13.0. The number of hydrogen-bond acceptors (Lipinski definition) is 4. The summed E-state index contributed by atoms with van der Waals surface area (Å²) in [5.41, 5.74) is 6.18. The summed E-state index contributed by atoms with van der Waals surface area (Å²) < 4.78 is 5.20. The molecular weight excluding hydrogens is 232 g/mol. The zero-order valence-electron chi connectivity index (χ0n) is 10.2. The van der Waals surface area contributed by atoms with Crippen LogP contribution >= 0.6 is 0 Å². The third-order valence-electron chi connectivity index (χ3n) is 3.23. The molecule has 2 rings (SSSR count). The summed E-state index contributed by atoms with van der Waals surface area (Å²) in [7, 11) is 0. The number of aromatic hydroxyl groups is 1. The molecule has 1 amide bonds. The molecule has 1 aliphatic rings. The van der Waals surface area contributed by atoms with Crippen molar-refractivity contribution in [1.82, 2.24) is 5.32 Å². The maximum Gasteiger partial charge on any atom is 0.240 e. The second-order valence-electron chi connectivity index (χ2n) is 4.62. The Bertz CT molecular complexity index is 411. The molecule has 1 fully saturated rings. The lowest BCUT2D eigenvalue weighted by atomic mass is 9.90. The third-order valence-corrected chi connectivity index (χ3v) is 3.23. The van der Waals surface area contributed by atoms with Gasteiger partial charge in [-0.15, -0.1) is 0 Å². The normalized spacial score (nSPS) is 18.3. The highest BCUT2D eigenvalue weighted by atomic mass is 16.5. The Morgan fingerprint density at radius 1 is 1.33 bits per heavy atom. The van der Waals surface area contributed by atoms with E-state index >= 15 is 0 Å². The molecule has 1 aromatic carbocycles. The van der Waals surface area contributed by atoms with Gasteiger partial charge in [0.2, 0.25) is 5.91 Å². The van der Waals surface area contributed by atoms with Crippen LogP contribution in [0.25, 0.3) is 0 Å². The van der Waals surface area contributed by atoms with Crippen molar-refractivity contribution in [3.63, 3.8) is 0 Å². The predicted octanol–water partition coefficient (Wildman–Crippen LogP) is 0.516. The van der Waals surface area contributed by atoms with E-state index in [4.69, 9.17) is 15.6 Å². The molecule has 0 saturated carbocycles. The first-order chi connectivity index (χ1) is 8.60. The number of phenolic OH excluding ortho intramolecular Hbond substituents is 1. The number of carbonyl (C=O) groups is 1. The lowest BCUT2D eigenvalue weighted by Crippen LogP contribution is -2.56. The molecule has 0 unspecified atom stereocenters. The van der Waals surface area contributed by atoms with Crippen LogP contribution in [0.1, 0.15) is 18.4 Å². The molecular formula is C13H18N2O3. The maximum atomic E-state index is 12.0. The van der Waals surface area contributed by atoms with E-state index in [-0.39, 0.29) is 11.7 Å². The van der Waals surface area contributed by atoms with Crippen LogP contribution in [0.15, 0.2) is 24.3 Å². The van der Waals surface area contributed by atoms with Gasteiger partial charge in [-0.3, -0.25) is 4.79 Å². The second kappa shape index (κ2) is 5.37. The Kier molecular flexibility index (Phi) is 3.84. The van der Waals surface area contributed by atoms with Gasteiger partial charge in [-0.1, -0.05) is 12.1 Å². The smallest absolute Gasteiger partial charge is 0.240 e. The third kappa shape index (κ3) is 3.00. The number of ether oxygens (including phenoxy) is 1. The lowest BCUT2D eigenvalue weighted by Gasteiger charge is -2.31. The van der Waals surface area contributed by atoms with Crippen LogP contribution in [0.4, 0.5) is 0 Å². The molecule has 5 nitrogen and oxygen atoms in total. The summed E-state index contributed by atoms with van der Waals surface area (Å²) >= 11 is 0. The van der Waals surface area contributed by atoms with Crippen molar-refractivity contribution in [3.8, 4) is 5.75 Å². The summed E-state index contributed by atoms with van der Waals surface area (Å²) in [6.45, 7) is 1.48. The van der Waals surface area contributed by atoms with Crippen LogP contribution in [-0.4, -0.2) is 29.8 Å². The van der Waals surface area contributed by atoms with Crippen LogP contribution in [0.5, 0.6) is 5.75 Å². The topological polar surface area (TPSA) is 84.6 Å². The van der Waals surface area contributed by atoms with Crippen molar-refractivity contribution < 1.29 is 14.6 Å². The highest BCUT2D eigenvalue weighted by Gasteiger charge is 2.35. The molecule has 5 heteroatoms. The molecule has 0 aliphatic carbocycles. The molecule has 1 aromatic rings. The van der Waals surface area contributed by atoms with Gasteiger partial charge in [0, 0.05) is 19.8 Å². The van der Waals surface area contributed by atoms with E-state index in [0.29, 0.717) is 32.6 Å². The van der Waals surface area contributed by atoms with Crippen molar-refractivity contribution in [2.45, 2.75) is 24.9 Å². The number of benzene rings is 1. The van der Waals surface area contributed by atoms with E-state index in [1.165, 1.54) is 0 Å². The van der Waals surface area contributed by atoms with Gasteiger partial charge in [0.25, 0.3) is 0 Å². The maximum absolute atomic E-state index is 12.0. The summed E-state index contributed by atoms with van der Waals surface area (Å²) in [6.07, 6.45) is 1.10. The molecule has 98 valence electrons. The monoisotopic (exact) mass is 250 g/mol. The van der Waals surface area contributed by atoms with Gasteiger partial charge in [-0.25, -0.2) is 0 Å². The average molecular weight is 250 g/mol. The van der Waals surface area contributed by atoms with E-state index in [2.05, 4.69) is 5.32 Å². The number of rotatable bonds is 3. The fourth-order valence-corrected chi connectivity index (χ4v) is 1.93. The van der Waals surface area contributed by atoms with Gasteiger partial charge in [0.05, 0.1) is 5.54 Å². The van der Waals surface area contributed by atoms with E-state index in [1.807, 2.05) is 0 Å². The Morgan fingerprint density at radius 3 is 2.56 bits per heavy atom. The van der Waals surface area contributed by atoms with Gasteiger partial charge in [0.15, 0.2) is 0 Å². The van der Waals surface area contributed by atoms with Gasteiger partial charge in [0.1, 0.15) is 5.75 Å². The molecule has 1 saturated heterocycles. The number of nitrogens with one attached hydrogen (secondary N) is 1. The van der Waals surface area contributed by atoms with Crippen LogP contribution < -0.4 is 11.1 Å². The minimum absolute atomic E-state index is 0.140. The molecule has 0 aromatic heterocycles. The Balaban J connectivity index is 1.89. The number of carbonyl (C=O) groups excluding carboxylic acids is 1. The Labute approximate surface area is 106 Å². The minimum atomic E-state index is -0.810. The largest absolute Gasteiger partial charge is 0.508 e. The number of amides is 1. The van der Waals surface area contributed by atoms with E-state index < -0.39 is 5.54 Å². The molecule has 1 heterocycles. The second-order valence-corrected chi connectivity index (χ2v) is 4.62. The van der Waals surface area contributed by atoms with E-state index in [9.17, 15) is 4.79 Å². The van der Waals surface area contributed by atoms with E-state index in [1.54, 1.807) is 24.3 Å². The average Bonchev–Trinajstić information content (AvgIpc) is 2.38. The molecule has 4 N–H and O–H groups in total. The number of nitrogens with two attached hydrogens (primary N) is 1. The quantitative estimate of drug-likeness (QED) is 0.730. The standard InChI is InChI=1S/C13H18N2O3/c14-13(5-7-18-8-6-13)12(17)15-9-10-1-3-11(16)4-2-10/h1-4,16H,5-9,14H2,(H,15,17). The molecule has 0 atom stereocenters. The highest BCUT2D eigenvalue weighted by Crippen LogP contribution is 2.18. The molecule has 1 aliphatic heterocycles. The number of phenols is 1. The van der Waals surface area contributed by atoms with Crippen molar-refractivity contribution in [1.29, 1.82) is 0 Å². The van der Waals surface area contributed by atoms with Crippen LogP contribution in [0.2, 0.25) is 0 Å². The summed E-state index contributed by atoms with van der Waals surface area (Å²) in [5.74, 6) is 0.0728. The van der Waals surface area contributed by atoms with Crippen LogP contribution in [0, 0.1) is 0 Å². The SMILES string of the molecule is NC1(C(=O)NCc2ccc(O)cc2)CCOCC1.